The Labute approximate surface area is 154 Å². The van der Waals surface area contributed by atoms with Crippen molar-refractivity contribution in [1.82, 2.24) is 19.4 Å². The molecule has 0 bridgehead atoms. The van der Waals surface area contributed by atoms with E-state index in [1.165, 1.54) is 11.0 Å². The fourth-order valence-electron chi connectivity index (χ4n) is 3.68. The first-order valence-electron chi connectivity index (χ1n) is 8.57. The Hall–Kier alpha value is -2.55. The summed E-state index contributed by atoms with van der Waals surface area (Å²) in [4.78, 5) is 20.7. The molecule has 1 aromatic heterocycles. The van der Waals surface area contributed by atoms with Crippen molar-refractivity contribution in [2.24, 2.45) is 7.05 Å². The first-order valence-corrected chi connectivity index (χ1v) is 8.57. The summed E-state index contributed by atoms with van der Waals surface area (Å²) in [6, 6.07) is 2.83. The quantitative estimate of drug-likeness (QED) is 0.801. The van der Waals surface area contributed by atoms with Gasteiger partial charge in [-0.2, -0.15) is 13.2 Å². The molecule has 2 aliphatic heterocycles. The average Bonchev–Trinajstić information content (AvgIpc) is 3.17. The number of carbonyl (C=O) groups is 1. The number of alkyl halides is 3. The first-order chi connectivity index (χ1) is 12.7. The number of nitrogens with zero attached hydrogens (tertiary/aromatic N) is 4. The second kappa shape index (κ2) is 6.26. The Morgan fingerprint density at radius 1 is 1.26 bits per heavy atom. The number of likely N-dealkylation sites (N-methyl/N-ethyl adjacent to an activating group) is 1. The van der Waals surface area contributed by atoms with Crippen LogP contribution in [0.5, 0.6) is 5.75 Å². The molecule has 2 aromatic rings. The zero-order valence-corrected chi connectivity index (χ0v) is 14.9. The molecule has 0 aliphatic carbocycles. The number of amides is 1. The summed E-state index contributed by atoms with van der Waals surface area (Å²) in [5.41, 5.74) is -0.896. The molecule has 0 N–H and O–H groups in total. The third-order valence-corrected chi connectivity index (χ3v) is 5.23. The van der Waals surface area contributed by atoms with E-state index in [4.69, 9.17) is 4.74 Å². The highest BCUT2D eigenvalue weighted by Crippen LogP contribution is 2.36. The lowest BCUT2D eigenvalue weighted by atomic mass is 10.1. The molecule has 0 saturated carbocycles. The van der Waals surface area contributed by atoms with E-state index in [9.17, 15) is 18.0 Å². The summed E-state index contributed by atoms with van der Waals surface area (Å²) in [6.07, 6.45) is -1.22. The molecule has 2 unspecified atom stereocenters. The van der Waals surface area contributed by atoms with Crippen LogP contribution in [0.15, 0.2) is 30.6 Å². The topological polar surface area (TPSA) is 50.6 Å². The van der Waals surface area contributed by atoms with Crippen LogP contribution in [0.3, 0.4) is 0 Å². The van der Waals surface area contributed by atoms with Gasteiger partial charge in [-0.05, 0) is 18.2 Å². The molecule has 1 fully saturated rings. The Morgan fingerprint density at radius 2 is 2.04 bits per heavy atom. The number of rotatable bonds is 2. The summed E-state index contributed by atoms with van der Waals surface area (Å²) in [6.45, 7) is 1.75. The van der Waals surface area contributed by atoms with E-state index >= 15 is 0 Å². The number of fused-ring (bicyclic) bond motifs is 2. The third kappa shape index (κ3) is 3.16. The number of hydrogen-bond donors (Lipinski definition) is 0. The fraction of sp³-hybridized carbons (Fsp3) is 0.444. The predicted molar refractivity (Wildman–Crippen MR) is 90.2 cm³/mol. The SMILES string of the molecule is CN1C(=O)c2cc(C(F)(F)F)ccc2OC2CN(Cc3nccn3C)CC21. The molecule has 4 rings (SSSR count). The molecule has 1 saturated heterocycles. The van der Waals surface area contributed by atoms with Gasteiger partial charge in [0.15, 0.2) is 0 Å². The van der Waals surface area contributed by atoms with Gasteiger partial charge in [-0.1, -0.05) is 0 Å². The van der Waals surface area contributed by atoms with Crippen LogP contribution < -0.4 is 4.74 Å². The van der Waals surface area contributed by atoms with Crippen molar-refractivity contribution < 1.29 is 22.7 Å². The van der Waals surface area contributed by atoms with E-state index in [1.807, 2.05) is 17.8 Å². The zero-order chi connectivity index (χ0) is 19.3. The largest absolute Gasteiger partial charge is 0.486 e. The van der Waals surface area contributed by atoms with Gasteiger partial charge in [0.1, 0.15) is 17.7 Å². The highest BCUT2D eigenvalue weighted by atomic mass is 19.4. The maximum atomic E-state index is 13.0. The molecule has 6 nitrogen and oxygen atoms in total. The second-order valence-corrected chi connectivity index (χ2v) is 7.00. The molecule has 0 radical (unpaired) electrons. The van der Waals surface area contributed by atoms with Crippen molar-refractivity contribution in [1.29, 1.82) is 0 Å². The lowest BCUT2D eigenvalue weighted by molar-refractivity contribution is -0.137. The van der Waals surface area contributed by atoms with E-state index in [-0.39, 0.29) is 23.5 Å². The molecule has 144 valence electrons. The number of likely N-dealkylation sites (tertiary alicyclic amines) is 1. The predicted octanol–water partition coefficient (Wildman–Crippen LogP) is 2.16. The van der Waals surface area contributed by atoms with Crippen LogP contribution >= 0.6 is 0 Å². The lowest BCUT2D eigenvalue weighted by Gasteiger charge is -2.25. The van der Waals surface area contributed by atoms with Crippen molar-refractivity contribution in [3.63, 3.8) is 0 Å². The van der Waals surface area contributed by atoms with Gasteiger partial charge in [0, 0.05) is 39.6 Å². The van der Waals surface area contributed by atoms with Crippen LogP contribution in [-0.2, 0) is 19.8 Å². The van der Waals surface area contributed by atoms with Crippen LogP contribution in [0.1, 0.15) is 21.7 Å². The maximum absolute atomic E-state index is 13.0. The van der Waals surface area contributed by atoms with Crippen LogP contribution in [0, 0.1) is 0 Å². The van der Waals surface area contributed by atoms with Crippen molar-refractivity contribution >= 4 is 5.91 Å². The fourth-order valence-corrected chi connectivity index (χ4v) is 3.68. The van der Waals surface area contributed by atoms with Crippen molar-refractivity contribution in [3.8, 4) is 5.75 Å². The molecular weight excluding hydrogens is 361 g/mol. The third-order valence-electron chi connectivity index (χ3n) is 5.23. The van der Waals surface area contributed by atoms with E-state index in [0.29, 0.717) is 19.6 Å². The number of carbonyl (C=O) groups excluding carboxylic acids is 1. The van der Waals surface area contributed by atoms with Crippen molar-refractivity contribution in [3.05, 3.63) is 47.5 Å². The second-order valence-electron chi connectivity index (χ2n) is 7.00. The van der Waals surface area contributed by atoms with Crippen LogP contribution in [-0.4, -0.2) is 57.5 Å². The number of imidazole rings is 1. The molecule has 3 heterocycles. The van der Waals surface area contributed by atoms with Crippen LogP contribution in [0.4, 0.5) is 13.2 Å². The van der Waals surface area contributed by atoms with Crippen molar-refractivity contribution in [2.45, 2.75) is 24.9 Å². The summed E-state index contributed by atoms with van der Waals surface area (Å²) in [5.74, 6) is 0.643. The van der Waals surface area contributed by atoms with Gasteiger partial charge in [-0.15, -0.1) is 0 Å². The Morgan fingerprint density at radius 3 is 2.70 bits per heavy atom. The maximum Gasteiger partial charge on any atom is 0.416 e. The highest BCUT2D eigenvalue weighted by molar-refractivity contribution is 5.97. The van der Waals surface area contributed by atoms with E-state index in [2.05, 4.69) is 9.88 Å². The monoisotopic (exact) mass is 380 g/mol. The smallest absolute Gasteiger partial charge is 0.416 e. The van der Waals surface area contributed by atoms with Gasteiger partial charge in [0.05, 0.1) is 23.7 Å². The van der Waals surface area contributed by atoms with Gasteiger partial charge in [0.25, 0.3) is 5.91 Å². The van der Waals surface area contributed by atoms with Crippen LogP contribution in [0.2, 0.25) is 0 Å². The number of benzene rings is 1. The minimum atomic E-state index is -4.51. The molecule has 9 heteroatoms. The summed E-state index contributed by atoms with van der Waals surface area (Å²) in [5, 5.41) is 0. The standard InChI is InChI=1S/C18H19F3N4O2/c1-23-6-5-22-16(23)10-25-8-13-15(9-25)27-14-4-3-11(18(19,20)21)7-12(14)17(26)24(13)2/h3-7,13,15H,8-10H2,1-2H3. The van der Waals surface area contributed by atoms with E-state index in [1.54, 1.807) is 13.2 Å². The van der Waals surface area contributed by atoms with E-state index in [0.717, 1.165) is 18.0 Å². The minimum Gasteiger partial charge on any atom is -0.486 e. The Bertz CT molecular complexity index is 880. The van der Waals surface area contributed by atoms with Crippen LogP contribution in [0.25, 0.3) is 0 Å². The summed E-state index contributed by atoms with van der Waals surface area (Å²) in [7, 11) is 3.53. The van der Waals surface area contributed by atoms with Gasteiger partial charge >= 0.3 is 6.18 Å². The minimum absolute atomic E-state index is 0.0441. The van der Waals surface area contributed by atoms with Gasteiger partial charge in [0.2, 0.25) is 0 Å². The molecule has 1 amide bonds. The molecule has 2 aliphatic rings. The number of ether oxygens (including phenoxy) is 1. The average molecular weight is 380 g/mol. The highest BCUT2D eigenvalue weighted by Gasteiger charge is 2.43. The van der Waals surface area contributed by atoms with Crippen molar-refractivity contribution in [2.75, 3.05) is 20.1 Å². The molecule has 2 atom stereocenters. The number of hydrogen-bond acceptors (Lipinski definition) is 4. The first kappa shape index (κ1) is 17.8. The summed E-state index contributed by atoms with van der Waals surface area (Å²) < 4.78 is 46.9. The normalized spacial score (nSPS) is 23.0. The molecule has 1 aromatic carbocycles. The number of halogens is 3. The summed E-state index contributed by atoms with van der Waals surface area (Å²) >= 11 is 0. The van der Waals surface area contributed by atoms with Gasteiger partial charge in [-0.3, -0.25) is 9.69 Å². The zero-order valence-electron chi connectivity index (χ0n) is 14.9. The molecule has 0 spiro atoms. The number of aromatic nitrogens is 2. The van der Waals surface area contributed by atoms with E-state index < -0.39 is 17.6 Å². The lowest BCUT2D eigenvalue weighted by Crippen LogP contribution is -2.44. The Kier molecular flexibility index (Phi) is 4.14. The molecule has 27 heavy (non-hydrogen) atoms. The van der Waals surface area contributed by atoms with Gasteiger partial charge in [-0.25, -0.2) is 4.98 Å². The van der Waals surface area contributed by atoms with Gasteiger partial charge < -0.3 is 14.2 Å². The number of aryl methyl sites for hydroxylation is 1. The molecular formula is C18H19F3N4O2. The Balaban J connectivity index is 1.59.